The number of rotatable bonds is 12. The van der Waals surface area contributed by atoms with Crippen LogP contribution in [0.15, 0.2) is 60.7 Å². The maximum Gasteiger partial charge on any atom is 0.170 e. The molecule has 2 aromatic carbocycles. The molecule has 190 valence electrons. The zero-order chi connectivity index (χ0) is 26.6. The second-order valence-corrected chi connectivity index (χ2v) is 7.76. The molecule has 0 saturated heterocycles. The molecule has 0 spiro atoms. The molecule has 2 aromatic rings. The van der Waals surface area contributed by atoms with E-state index in [1.807, 2.05) is 19.1 Å². The van der Waals surface area contributed by atoms with Crippen LogP contribution >= 0.6 is 0 Å². The highest BCUT2D eigenvalue weighted by atomic mass is 16.5. The first-order valence-corrected chi connectivity index (χ1v) is 11.3. The molecule has 0 atom stereocenters. The summed E-state index contributed by atoms with van der Waals surface area (Å²) in [7, 11) is 3.18. The topological polar surface area (TPSA) is 104 Å². The molecule has 0 fully saturated rings. The highest BCUT2D eigenvalue weighted by Gasteiger charge is 2.15. The molecule has 0 bridgehead atoms. The van der Waals surface area contributed by atoms with Gasteiger partial charge in [-0.1, -0.05) is 67.6 Å². The van der Waals surface area contributed by atoms with Gasteiger partial charge in [0.1, 0.15) is 17.3 Å². The van der Waals surface area contributed by atoms with Gasteiger partial charge in [0, 0.05) is 31.8 Å². The zero-order valence-corrected chi connectivity index (χ0v) is 21.2. The molecule has 35 heavy (non-hydrogen) atoms. The minimum atomic E-state index is -0.108. The Labute approximate surface area is 207 Å². The van der Waals surface area contributed by atoms with Crippen molar-refractivity contribution in [2.24, 2.45) is 5.92 Å². The normalized spacial score (nSPS) is 9.77. The van der Waals surface area contributed by atoms with Crippen LogP contribution in [-0.2, 0) is 23.9 Å². The molecular formula is C28H36O7. The van der Waals surface area contributed by atoms with Crippen LogP contribution in [0.3, 0.4) is 0 Å². The van der Waals surface area contributed by atoms with E-state index in [1.54, 1.807) is 62.8 Å². The van der Waals surface area contributed by atoms with E-state index < -0.39 is 0 Å². The van der Waals surface area contributed by atoms with Crippen molar-refractivity contribution in [2.45, 2.75) is 40.0 Å². The number of carbonyl (C=O) groups excluding carboxylic acids is 5. The number of benzene rings is 2. The third-order valence-corrected chi connectivity index (χ3v) is 4.55. The van der Waals surface area contributed by atoms with Crippen molar-refractivity contribution >= 4 is 28.9 Å². The zero-order valence-electron chi connectivity index (χ0n) is 21.2. The third kappa shape index (κ3) is 15.3. The summed E-state index contributed by atoms with van der Waals surface area (Å²) in [5.74, 6) is -0.289. The van der Waals surface area contributed by atoms with E-state index in [1.165, 1.54) is 13.8 Å². The fourth-order valence-corrected chi connectivity index (χ4v) is 2.83. The van der Waals surface area contributed by atoms with Crippen molar-refractivity contribution in [1.29, 1.82) is 0 Å². The van der Waals surface area contributed by atoms with E-state index in [0.29, 0.717) is 30.8 Å². The van der Waals surface area contributed by atoms with Crippen molar-refractivity contribution in [1.82, 2.24) is 0 Å². The Balaban J connectivity index is 0.000000496. The number of hydrogen-bond acceptors (Lipinski definition) is 7. The van der Waals surface area contributed by atoms with Crippen LogP contribution < -0.4 is 0 Å². The van der Waals surface area contributed by atoms with E-state index in [9.17, 15) is 24.0 Å². The molecule has 0 heterocycles. The van der Waals surface area contributed by atoms with Crippen LogP contribution in [0.4, 0.5) is 0 Å². The largest absolute Gasteiger partial charge is 0.384 e. The Kier molecular flexibility index (Phi) is 17.3. The van der Waals surface area contributed by atoms with Gasteiger partial charge in [-0.3, -0.25) is 24.0 Å². The van der Waals surface area contributed by atoms with E-state index >= 15 is 0 Å². The summed E-state index contributed by atoms with van der Waals surface area (Å²) in [4.78, 5) is 54.8. The van der Waals surface area contributed by atoms with Gasteiger partial charge in [-0.15, -0.1) is 0 Å². The number of methoxy groups -OCH3 is 2. The maximum atomic E-state index is 11.2. The Morgan fingerprint density at radius 2 is 1.00 bits per heavy atom. The van der Waals surface area contributed by atoms with Gasteiger partial charge in [0.25, 0.3) is 0 Å². The van der Waals surface area contributed by atoms with Crippen molar-refractivity contribution in [3.63, 3.8) is 0 Å². The molecular weight excluding hydrogens is 448 g/mol. The molecule has 0 aliphatic rings. The van der Waals surface area contributed by atoms with Crippen molar-refractivity contribution in [2.75, 3.05) is 27.4 Å². The van der Waals surface area contributed by atoms with Gasteiger partial charge in [0.05, 0.1) is 32.0 Å². The number of Topliss-reactive ketones (excluding diaryl/α,β-unsaturated/α-hetero) is 5. The second-order valence-electron chi connectivity index (χ2n) is 7.76. The minimum Gasteiger partial charge on any atom is -0.384 e. The SMILES string of the molecule is CC(=O)CC(=O)c1ccccc1.CC(=O)CC(=O)c1ccccc1.CCC(=O)C(COC)COC. The van der Waals surface area contributed by atoms with Crippen LogP contribution in [0.25, 0.3) is 0 Å². The van der Waals surface area contributed by atoms with Gasteiger partial charge >= 0.3 is 0 Å². The summed E-state index contributed by atoms with van der Waals surface area (Å²) in [6.45, 7) is 5.60. The lowest BCUT2D eigenvalue weighted by atomic mass is 10.0. The van der Waals surface area contributed by atoms with Gasteiger partial charge in [0.2, 0.25) is 0 Å². The number of ether oxygens (including phenoxy) is 2. The Morgan fingerprint density at radius 3 is 1.26 bits per heavy atom. The van der Waals surface area contributed by atoms with Gasteiger partial charge in [0.15, 0.2) is 11.6 Å². The van der Waals surface area contributed by atoms with E-state index in [-0.39, 0.29) is 47.7 Å². The predicted octanol–water partition coefficient (Wildman–Crippen LogP) is 4.57. The quantitative estimate of drug-likeness (QED) is 0.321. The lowest BCUT2D eigenvalue weighted by Crippen LogP contribution is -2.23. The highest BCUT2D eigenvalue weighted by molar-refractivity contribution is 6.07. The molecule has 0 aromatic heterocycles. The minimum absolute atomic E-state index is 0.00398. The van der Waals surface area contributed by atoms with Crippen LogP contribution in [0.5, 0.6) is 0 Å². The van der Waals surface area contributed by atoms with Crippen LogP contribution in [0.1, 0.15) is 60.7 Å². The van der Waals surface area contributed by atoms with Crippen LogP contribution in [0.2, 0.25) is 0 Å². The first-order valence-electron chi connectivity index (χ1n) is 11.3. The molecule has 7 heteroatoms. The molecule has 2 rings (SSSR count). The summed E-state index contributed by atoms with van der Waals surface area (Å²) in [5.41, 5.74) is 1.21. The fraction of sp³-hybridized carbons (Fsp3) is 0.393. The van der Waals surface area contributed by atoms with Crippen LogP contribution in [0, 0.1) is 5.92 Å². The summed E-state index contributed by atoms with van der Waals surface area (Å²) < 4.78 is 9.76. The van der Waals surface area contributed by atoms with Crippen molar-refractivity contribution < 1.29 is 33.4 Å². The average Bonchev–Trinajstić information content (AvgIpc) is 2.84. The third-order valence-electron chi connectivity index (χ3n) is 4.55. The van der Waals surface area contributed by atoms with E-state index in [4.69, 9.17) is 9.47 Å². The Bertz CT molecular complexity index is 851. The standard InChI is InChI=1S/2C10H10O2.C8H16O3/c2*1-8(11)7-10(12)9-5-3-2-4-6-9;1-4-8(9)7(5-10-2)6-11-3/h2*2-6H,7H2,1H3;7H,4-6H2,1-3H3. The number of carbonyl (C=O) groups is 5. The van der Waals surface area contributed by atoms with Gasteiger partial charge in [-0.25, -0.2) is 0 Å². The molecule has 0 unspecified atom stereocenters. The summed E-state index contributed by atoms with van der Waals surface area (Å²) in [6, 6.07) is 17.7. The molecule has 0 amide bonds. The smallest absolute Gasteiger partial charge is 0.170 e. The molecule has 7 nitrogen and oxygen atoms in total. The molecule has 0 saturated carbocycles. The number of ketones is 5. The van der Waals surface area contributed by atoms with Gasteiger partial charge in [-0.05, 0) is 13.8 Å². The fourth-order valence-electron chi connectivity index (χ4n) is 2.83. The first-order chi connectivity index (χ1) is 16.7. The maximum absolute atomic E-state index is 11.2. The van der Waals surface area contributed by atoms with Crippen LogP contribution in [-0.4, -0.2) is 56.3 Å². The predicted molar refractivity (Wildman–Crippen MR) is 135 cm³/mol. The summed E-state index contributed by atoms with van der Waals surface area (Å²) >= 11 is 0. The van der Waals surface area contributed by atoms with E-state index in [2.05, 4.69) is 0 Å². The van der Waals surface area contributed by atoms with Gasteiger partial charge < -0.3 is 9.47 Å². The monoisotopic (exact) mass is 484 g/mol. The van der Waals surface area contributed by atoms with Crippen molar-refractivity contribution in [3.05, 3.63) is 71.8 Å². The lowest BCUT2D eigenvalue weighted by Gasteiger charge is -2.11. The summed E-state index contributed by atoms with van der Waals surface area (Å²) in [6.07, 6.45) is 0.561. The Hall–Kier alpha value is -3.29. The molecule has 0 aliphatic heterocycles. The Morgan fingerprint density at radius 1 is 0.657 bits per heavy atom. The average molecular weight is 485 g/mol. The number of hydrogen-bond donors (Lipinski definition) is 0. The summed E-state index contributed by atoms with van der Waals surface area (Å²) in [5, 5.41) is 0. The van der Waals surface area contributed by atoms with Crippen molar-refractivity contribution in [3.8, 4) is 0 Å². The van der Waals surface area contributed by atoms with Gasteiger partial charge in [-0.2, -0.15) is 0 Å². The molecule has 0 aliphatic carbocycles. The lowest BCUT2D eigenvalue weighted by molar-refractivity contribution is -0.126. The second kappa shape index (κ2) is 19.1. The van der Waals surface area contributed by atoms with E-state index in [0.717, 1.165) is 0 Å². The first kappa shape index (κ1) is 31.7. The molecule has 0 radical (unpaired) electrons. The highest BCUT2D eigenvalue weighted by Crippen LogP contribution is 2.04. The molecule has 0 N–H and O–H groups in total.